The Hall–Kier alpha value is -1.25. The number of nitrogens with zero attached hydrogens (tertiary/aromatic N) is 1. The molecule has 0 atom stereocenters. The van der Waals surface area contributed by atoms with Gasteiger partial charge in [-0.1, -0.05) is 6.92 Å². The predicted octanol–water partition coefficient (Wildman–Crippen LogP) is 1.50. The van der Waals surface area contributed by atoms with Crippen LogP contribution in [0.25, 0.3) is 0 Å². The predicted molar refractivity (Wildman–Crippen MR) is 48.0 cm³/mol. The fourth-order valence-electron chi connectivity index (χ4n) is 1.11. The van der Waals surface area contributed by atoms with Crippen molar-refractivity contribution >= 4 is 5.91 Å². The average molecular weight is 166 g/mol. The molecule has 0 aliphatic carbocycles. The highest BCUT2D eigenvalue weighted by Crippen LogP contribution is 2.01. The summed E-state index contributed by atoms with van der Waals surface area (Å²) in [6, 6.07) is 1.79. The molecule has 0 aliphatic rings. The van der Waals surface area contributed by atoms with E-state index in [2.05, 4.69) is 11.9 Å². The van der Waals surface area contributed by atoms with Crippen molar-refractivity contribution in [1.82, 2.24) is 9.88 Å². The molecule has 1 amide bonds. The highest BCUT2D eigenvalue weighted by atomic mass is 16.2. The second-order valence-corrected chi connectivity index (χ2v) is 2.83. The number of hydrogen-bond acceptors (Lipinski definition) is 1. The van der Waals surface area contributed by atoms with E-state index in [0.717, 1.165) is 18.5 Å². The third-order valence-electron chi connectivity index (χ3n) is 1.75. The van der Waals surface area contributed by atoms with E-state index >= 15 is 0 Å². The molecule has 1 rings (SSSR count). The van der Waals surface area contributed by atoms with Gasteiger partial charge in [0.05, 0.1) is 5.56 Å². The highest BCUT2D eigenvalue weighted by Gasteiger charge is 2.09. The highest BCUT2D eigenvalue weighted by molar-refractivity contribution is 5.93. The van der Waals surface area contributed by atoms with Crippen molar-refractivity contribution in [3.8, 4) is 0 Å². The maximum absolute atomic E-state index is 11.5. The van der Waals surface area contributed by atoms with E-state index in [1.165, 1.54) is 0 Å². The minimum atomic E-state index is 0.0816. The lowest BCUT2D eigenvalue weighted by molar-refractivity contribution is 0.0795. The molecule has 1 aromatic rings. The van der Waals surface area contributed by atoms with Gasteiger partial charge >= 0.3 is 0 Å². The molecule has 0 saturated carbocycles. The Morgan fingerprint density at radius 2 is 2.42 bits per heavy atom. The van der Waals surface area contributed by atoms with Crippen LogP contribution in [0.1, 0.15) is 23.7 Å². The zero-order valence-corrected chi connectivity index (χ0v) is 7.50. The summed E-state index contributed by atoms with van der Waals surface area (Å²) in [4.78, 5) is 16.1. The van der Waals surface area contributed by atoms with Crippen LogP contribution in [0.4, 0.5) is 0 Å². The minimum Gasteiger partial charge on any atom is -0.367 e. The summed E-state index contributed by atoms with van der Waals surface area (Å²) >= 11 is 0. The van der Waals surface area contributed by atoms with Crippen LogP contribution >= 0.6 is 0 Å². The second-order valence-electron chi connectivity index (χ2n) is 2.83. The molecule has 0 spiro atoms. The number of carbonyl (C=O) groups is 1. The summed E-state index contributed by atoms with van der Waals surface area (Å²) < 4.78 is 0. The van der Waals surface area contributed by atoms with E-state index in [-0.39, 0.29) is 5.91 Å². The molecule has 0 aliphatic heterocycles. The van der Waals surface area contributed by atoms with E-state index in [1.54, 1.807) is 23.4 Å². The fraction of sp³-hybridized carbons (Fsp3) is 0.444. The van der Waals surface area contributed by atoms with Crippen LogP contribution in [0.2, 0.25) is 0 Å². The molecule has 3 heteroatoms. The van der Waals surface area contributed by atoms with Gasteiger partial charge in [0.1, 0.15) is 0 Å². The Balaban J connectivity index is 2.59. The number of rotatable bonds is 3. The van der Waals surface area contributed by atoms with Crippen LogP contribution in [0.5, 0.6) is 0 Å². The average Bonchev–Trinajstić information content (AvgIpc) is 2.55. The van der Waals surface area contributed by atoms with Gasteiger partial charge < -0.3 is 9.88 Å². The third-order valence-corrected chi connectivity index (χ3v) is 1.75. The van der Waals surface area contributed by atoms with Crippen LogP contribution in [0, 0.1) is 0 Å². The van der Waals surface area contributed by atoms with Gasteiger partial charge in [-0.15, -0.1) is 0 Å². The van der Waals surface area contributed by atoms with Crippen LogP contribution in [0.3, 0.4) is 0 Å². The van der Waals surface area contributed by atoms with Gasteiger partial charge in [0, 0.05) is 26.0 Å². The summed E-state index contributed by atoms with van der Waals surface area (Å²) in [5, 5.41) is 0. The number of H-pyrrole nitrogens is 1. The summed E-state index contributed by atoms with van der Waals surface area (Å²) in [5.41, 5.74) is 0.728. The van der Waals surface area contributed by atoms with Crippen molar-refractivity contribution in [3.63, 3.8) is 0 Å². The third kappa shape index (κ3) is 1.87. The van der Waals surface area contributed by atoms with Gasteiger partial charge in [-0.2, -0.15) is 0 Å². The molecular weight excluding hydrogens is 152 g/mol. The summed E-state index contributed by atoms with van der Waals surface area (Å²) in [5.74, 6) is 0.0816. The normalized spacial score (nSPS) is 9.83. The van der Waals surface area contributed by atoms with Gasteiger partial charge in [-0.25, -0.2) is 0 Å². The Kier molecular flexibility index (Phi) is 2.91. The number of nitrogens with one attached hydrogen (secondary N) is 1. The van der Waals surface area contributed by atoms with Crippen molar-refractivity contribution in [2.45, 2.75) is 13.3 Å². The number of aromatic nitrogens is 1. The topological polar surface area (TPSA) is 36.1 Å². The van der Waals surface area contributed by atoms with Gasteiger partial charge in [0.25, 0.3) is 5.91 Å². The summed E-state index contributed by atoms with van der Waals surface area (Å²) in [6.45, 7) is 2.87. The summed E-state index contributed by atoms with van der Waals surface area (Å²) in [7, 11) is 1.82. The monoisotopic (exact) mass is 166 g/mol. The van der Waals surface area contributed by atoms with Crippen molar-refractivity contribution in [2.24, 2.45) is 0 Å². The van der Waals surface area contributed by atoms with Crippen LogP contribution < -0.4 is 0 Å². The first kappa shape index (κ1) is 8.84. The first-order chi connectivity index (χ1) is 5.75. The zero-order chi connectivity index (χ0) is 8.97. The molecule has 1 aromatic heterocycles. The SMILES string of the molecule is CCCN(C)C(=O)c1cc[nH]c1. The first-order valence-electron chi connectivity index (χ1n) is 4.14. The molecule has 0 bridgehead atoms. The van der Waals surface area contributed by atoms with E-state index in [9.17, 15) is 4.79 Å². The van der Waals surface area contributed by atoms with Crippen LogP contribution in [-0.4, -0.2) is 29.4 Å². The Morgan fingerprint density at radius 3 is 2.92 bits per heavy atom. The van der Waals surface area contributed by atoms with Gasteiger partial charge in [-0.3, -0.25) is 4.79 Å². The lowest BCUT2D eigenvalue weighted by atomic mass is 10.3. The van der Waals surface area contributed by atoms with Crippen LogP contribution in [-0.2, 0) is 0 Å². The molecule has 66 valence electrons. The number of carbonyl (C=O) groups excluding carboxylic acids is 1. The fourth-order valence-corrected chi connectivity index (χ4v) is 1.11. The second kappa shape index (κ2) is 3.95. The van der Waals surface area contributed by atoms with Crippen molar-refractivity contribution in [2.75, 3.05) is 13.6 Å². The number of aromatic amines is 1. The Bertz CT molecular complexity index is 241. The smallest absolute Gasteiger partial charge is 0.255 e. The van der Waals surface area contributed by atoms with E-state index < -0.39 is 0 Å². The van der Waals surface area contributed by atoms with E-state index in [4.69, 9.17) is 0 Å². The number of amides is 1. The van der Waals surface area contributed by atoms with E-state index in [0.29, 0.717) is 0 Å². The van der Waals surface area contributed by atoms with Gasteiger partial charge in [0.15, 0.2) is 0 Å². The molecule has 0 radical (unpaired) electrons. The standard InChI is InChI=1S/C9H14N2O/c1-3-6-11(2)9(12)8-4-5-10-7-8/h4-5,7,10H,3,6H2,1-2H3. The molecular formula is C9H14N2O. The molecule has 0 saturated heterocycles. The van der Waals surface area contributed by atoms with Crippen molar-refractivity contribution < 1.29 is 4.79 Å². The van der Waals surface area contributed by atoms with E-state index in [1.807, 2.05) is 7.05 Å². The van der Waals surface area contributed by atoms with Gasteiger partial charge in [-0.05, 0) is 12.5 Å². The molecule has 3 nitrogen and oxygen atoms in total. The molecule has 1 N–H and O–H groups in total. The molecule has 1 heterocycles. The lowest BCUT2D eigenvalue weighted by Crippen LogP contribution is -2.26. The Labute approximate surface area is 72.4 Å². The first-order valence-corrected chi connectivity index (χ1v) is 4.14. The Morgan fingerprint density at radius 1 is 1.67 bits per heavy atom. The minimum absolute atomic E-state index is 0.0816. The maximum atomic E-state index is 11.5. The largest absolute Gasteiger partial charge is 0.367 e. The van der Waals surface area contributed by atoms with Crippen molar-refractivity contribution in [1.29, 1.82) is 0 Å². The number of hydrogen-bond donors (Lipinski definition) is 1. The van der Waals surface area contributed by atoms with Crippen molar-refractivity contribution in [3.05, 3.63) is 24.0 Å². The van der Waals surface area contributed by atoms with Crippen LogP contribution in [0.15, 0.2) is 18.5 Å². The maximum Gasteiger partial charge on any atom is 0.255 e. The molecule has 12 heavy (non-hydrogen) atoms. The summed E-state index contributed by atoms with van der Waals surface area (Å²) in [6.07, 6.45) is 4.47. The lowest BCUT2D eigenvalue weighted by Gasteiger charge is -2.14. The quantitative estimate of drug-likeness (QED) is 0.725. The zero-order valence-electron chi connectivity index (χ0n) is 7.50. The van der Waals surface area contributed by atoms with Gasteiger partial charge in [0.2, 0.25) is 0 Å². The molecule has 0 fully saturated rings. The molecule has 0 unspecified atom stereocenters. The molecule has 0 aromatic carbocycles.